The van der Waals surface area contributed by atoms with Gasteiger partial charge < -0.3 is 10.2 Å². The summed E-state index contributed by atoms with van der Waals surface area (Å²) >= 11 is 0. The summed E-state index contributed by atoms with van der Waals surface area (Å²) in [7, 11) is -3.43. The monoisotopic (exact) mass is 278 g/mol. The van der Waals surface area contributed by atoms with Gasteiger partial charge in [0.15, 0.2) is 5.76 Å². The van der Waals surface area contributed by atoms with Gasteiger partial charge in [0.25, 0.3) is 5.91 Å². The minimum Gasteiger partial charge on any atom is -0.451 e. The number of furan rings is 1. The van der Waals surface area contributed by atoms with Crippen LogP contribution in [0.5, 0.6) is 0 Å². The van der Waals surface area contributed by atoms with Crippen LogP contribution in [0.15, 0.2) is 39.6 Å². The molecule has 2 heterocycles. The largest absolute Gasteiger partial charge is 0.451 e. The number of carbonyl (C=O) groups is 1. The van der Waals surface area contributed by atoms with Crippen molar-refractivity contribution in [3.8, 4) is 11.3 Å². The van der Waals surface area contributed by atoms with E-state index in [4.69, 9.17) is 10.2 Å². The second kappa shape index (κ2) is 3.94. The highest BCUT2D eigenvalue weighted by molar-refractivity contribution is 7.89. The number of rotatable bonds is 2. The summed E-state index contributed by atoms with van der Waals surface area (Å²) in [5, 5.41) is 0. The Morgan fingerprint density at radius 1 is 1.26 bits per heavy atom. The lowest BCUT2D eigenvalue weighted by Gasteiger charge is -2.01. The Labute approximate surface area is 109 Å². The highest BCUT2D eigenvalue weighted by Gasteiger charge is 2.26. The lowest BCUT2D eigenvalue weighted by molar-refractivity contribution is 0.0974. The van der Waals surface area contributed by atoms with Gasteiger partial charge in [-0.15, -0.1) is 0 Å². The van der Waals surface area contributed by atoms with Gasteiger partial charge in [-0.25, -0.2) is 13.1 Å². The third-order valence-electron chi connectivity index (χ3n) is 2.94. The van der Waals surface area contributed by atoms with Crippen LogP contribution in [0.2, 0.25) is 0 Å². The fourth-order valence-electron chi connectivity index (χ4n) is 1.98. The predicted octanol–water partition coefficient (Wildman–Crippen LogP) is 0.837. The third kappa shape index (κ3) is 1.92. The van der Waals surface area contributed by atoms with E-state index in [2.05, 4.69) is 4.72 Å². The van der Waals surface area contributed by atoms with E-state index in [0.717, 1.165) is 0 Å². The van der Waals surface area contributed by atoms with Crippen molar-refractivity contribution in [1.29, 1.82) is 0 Å². The van der Waals surface area contributed by atoms with Crippen molar-refractivity contribution in [2.45, 2.75) is 11.4 Å². The molecule has 3 N–H and O–H groups in total. The Morgan fingerprint density at radius 2 is 2.05 bits per heavy atom. The summed E-state index contributed by atoms with van der Waals surface area (Å²) < 4.78 is 31.2. The molecule has 0 atom stereocenters. The van der Waals surface area contributed by atoms with E-state index in [9.17, 15) is 13.2 Å². The molecular weight excluding hydrogens is 268 g/mol. The summed E-state index contributed by atoms with van der Waals surface area (Å²) in [4.78, 5) is 11.2. The fourth-order valence-corrected chi connectivity index (χ4v) is 3.25. The summed E-state index contributed by atoms with van der Waals surface area (Å²) in [6, 6.07) is 8.02. The van der Waals surface area contributed by atoms with Crippen LogP contribution in [0.4, 0.5) is 0 Å². The molecule has 0 aliphatic carbocycles. The number of benzene rings is 1. The number of primary amides is 1. The fraction of sp³-hybridized carbons (Fsp3) is 0.0833. The molecule has 0 radical (unpaired) electrons. The molecule has 1 aliphatic rings. The lowest BCUT2D eigenvalue weighted by Crippen LogP contribution is -2.13. The van der Waals surface area contributed by atoms with Gasteiger partial charge in [0.1, 0.15) is 5.76 Å². The van der Waals surface area contributed by atoms with Crippen molar-refractivity contribution in [3.63, 3.8) is 0 Å². The van der Waals surface area contributed by atoms with Gasteiger partial charge in [0, 0.05) is 12.1 Å². The molecular formula is C12H10N2O4S. The smallest absolute Gasteiger partial charge is 0.284 e. The molecule has 0 spiro atoms. The third-order valence-corrected chi connectivity index (χ3v) is 4.43. The Kier molecular flexibility index (Phi) is 2.48. The number of amides is 1. The van der Waals surface area contributed by atoms with Crippen LogP contribution < -0.4 is 10.5 Å². The van der Waals surface area contributed by atoms with Crippen LogP contribution in [0, 0.1) is 0 Å². The molecule has 0 saturated carbocycles. The number of nitrogens with two attached hydrogens (primary N) is 1. The number of carbonyl (C=O) groups excluding carboxylic acids is 1. The van der Waals surface area contributed by atoms with Crippen molar-refractivity contribution in [1.82, 2.24) is 4.72 Å². The van der Waals surface area contributed by atoms with Crippen molar-refractivity contribution in [2.24, 2.45) is 5.73 Å². The molecule has 0 bridgehead atoms. The summed E-state index contributed by atoms with van der Waals surface area (Å²) in [5.41, 5.74) is 6.40. The van der Waals surface area contributed by atoms with Crippen molar-refractivity contribution < 1.29 is 17.6 Å². The van der Waals surface area contributed by atoms with Crippen molar-refractivity contribution in [2.75, 3.05) is 0 Å². The molecule has 3 rings (SSSR count). The Bertz CT molecular complexity index is 777. The SMILES string of the molecule is NC(=O)c1ccc(-c2ccc3c(c2)S(=O)(=O)NC3)o1. The van der Waals surface area contributed by atoms with Gasteiger partial charge in [-0.3, -0.25) is 4.79 Å². The quantitative estimate of drug-likeness (QED) is 0.849. The first kappa shape index (κ1) is 11.9. The predicted molar refractivity (Wildman–Crippen MR) is 66.7 cm³/mol. The van der Waals surface area contributed by atoms with E-state index in [1.807, 2.05) is 0 Å². The first-order valence-electron chi connectivity index (χ1n) is 5.50. The number of hydrogen-bond acceptors (Lipinski definition) is 4. The Balaban J connectivity index is 2.10. The normalized spacial score (nSPS) is 16.2. The molecule has 1 amide bonds. The molecule has 19 heavy (non-hydrogen) atoms. The van der Waals surface area contributed by atoms with Crippen LogP contribution in [0.1, 0.15) is 16.1 Å². The maximum absolute atomic E-state index is 11.7. The van der Waals surface area contributed by atoms with Gasteiger partial charge in [0.05, 0.1) is 4.90 Å². The summed E-state index contributed by atoms with van der Waals surface area (Å²) in [5.74, 6) is -0.225. The Morgan fingerprint density at radius 3 is 2.74 bits per heavy atom. The van der Waals surface area contributed by atoms with Gasteiger partial charge in [-0.2, -0.15) is 0 Å². The molecule has 1 aliphatic heterocycles. The molecule has 2 aromatic rings. The highest BCUT2D eigenvalue weighted by Crippen LogP contribution is 2.29. The number of hydrogen-bond donors (Lipinski definition) is 2. The highest BCUT2D eigenvalue weighted by atomic mass is 32.2. The molecule has 1 aromatic heterocycles. The van der Waals surface area contributed by atoms with Gasteiger partial charge >= 0.3 is 0 Å². The van der Waals surface area contributed by atoms with Crippen molar-refractivity contribution >= 4 is 15.9 Å². The Hall–Kier alpha value is -2.12. The molecule has 98 valence electrons. The minimum atomic E-state index is -3.43. The molecule has 0 unspecified atom stereocenters. The first-order valence-corrected chi connectivity index (χ1v) is 6.98. The zero-order valence-electron chi connectivity index (χ0n) is 9.71. The molecule has 7 heteroatoms. The van der Waals surface area contributed by atoms with E-state index in [0.29, 0.717) is 23.4 Å². The second-order valence-corrected chi connectivity index (χ2v) is 5.91. The lowest BCUT2D eigenvalue weighted by atomic mass is 10.1. The average Bonchev–Trinajstić information content (AvgIpc) is 2.95. The standard InChI is InChI=1S/C12H10N2O4S/c13-12(15)10-4-3-9(18-10)7-1-2-8-6-14-19(16,17)11(8)5-7/h1-5,14H,6H2,(H2,13,15). The van der Waals surface area contributed by atoms with Gasteiger partial charge in [0.2, 0.25) is 10.0 Å². The van der Waals surface area contributed by atoms with E-state index in [1.165, 1.54) is 12.1 Å². The zero-order chi connectivity index (χ0) is 13.6. The maximum Gasteiger partial charge on any atom is 0.284 e. The molecule has 6 nitrogen and oxygen atoms in total. The van der Waals surface area contributed by atoms with Crippen molar-refractivity contribution in [3.05, 3.63) is 41.7 Å². The van der Waals surface area contributed by atoms with Crippen LogP contribution in [-0.2, 0) is 16.6 Å². The van der Waals surface area contributed by atoms with Crippen LogP contribution >= 0.6 is 0 Å². The van der Waals surface area contributed by atoms with Gasteiger partial charge in [-0.05, 0) is 23.8 Å². The maximum atomic E-state index is 11.7. The summed E-state index contributed by atoms with van der Waals surface area (Å²) in [6.07, 6.45) is 0. The number of sulfonamides is 1. The van der Waals surface area contributed by atoms with E-state index in [1.54, 1.807) is 18.2 Å². The number of nitrogens with one attached hydrogen (secondary N) is 1. The van der Waals surface area contributed by atoms with Crippen LogP contribution in [0.3, 0.4) is 0 Å². The second-order valence-electron chi connectivity index (χ2n) is 4.18. The molecule has 1 aromatic carbocycles. The molecule has 0 saturated heterocycles. The zero-order valence-corrected chi connectivity index (χ0v) is 10.5. The van der Waals surface area contributed by atoms with Gasteiger partial charge in [-0.1, -0.05) is 12.1 Å². The molecule has 0 fully saturated rings. The average molecular weight is 278 g/mol. The van der Waals surface area contributed by atoms with E-state index in [-0.39, 0.29) is 10.7 Å². The number of fused-ring (bicyclic) bond motifs is 1. The van der Waals surface area contributed by atoms with E-state index < -0.39 is 15.9 Å². The van der Waals surface area contributed by atoms with Crippen LogP contribution in [-0.4, -0.2) is 14.3 Å². The first-order chi connectivity index (χ1) is 8.97. The minimum absolute atomic E-state index is 0.0384. The van der Waals surface area contributed by atoms with Crippen LogP contribution in [0.25, 0.3) is 11.3 Å². The van der Waals surface area contributed by atoms with E-state index >= 15 is 0 Å². The summed E-state index contributed by atoms with van der Waals surface area (Å²) in [6.45, 7) is 0.294. The topological polar surface area (TPSA) is 102 Å².